The van der Waals surface area contributed by atoms with Gasteiger partial charge in [0.1, 0.15) is 0 Å². The first-order valence-electron chi connectivity index (χ1n) is 6.51. The van der Waals surface area contributed by atoms with Crippen molar-refractivity contribution in [3.63, 3.8) is 0 Å². The number of rotatable bonds is 7. The first-order chi connectivity index (χ1) is 9.13. The molecule has 0 aromatic heterocycles. The third kappa shape index (κ3) is 6.59. The van der Waals surface area contributed by atoms with E-state index >= 15 is 0 Å². The van der Waals surface area contributed by atoms with Gasteiger partial charge in [0.05, 0.1) is 6.04 Å². The van der Waals surface area contributed by atoms with Gasteiger partial charge < -0.3 is 15.4 Å². The third-order valence-corrected chi connectivity index (χ3v) is 3.14. The first-order valence-corrected chi connectivity index (χ1v) is 7.30. The van der Waals surface area contributed by atoms with Crippen molar-refractivity contribution in [3.05, 3.63) is 34.3 Å². The van der Waals surface area contributed by atoms with E-state index in [1.54, 1.807) is 0 Å². The molecule has 0 aliphatic heterocycles. The molecule has 2 amide bonds. The molecule has 4 nitrogen and oxygen atoms in total. The van der Waals surface area contributed by atoms with Gasteiger partial charge in [-0.3, -0.25) is 0 Å². The molecule has 0 spiro atoms. The smallest absolute Gasteiger partial charge is 0.315 e. The molecule has 1 atom stereocenters. The molecule has 0 bridgehead atoms. The summed E-state index contributed by atoms with van der Waals surface area (Å²) in [6, 6.07) is 7.74. The molecule has 0 heterocycles. The second kappa shape index (κ2) is 8.93. The molecule has 2 N–H and O–H groups in total. The van der Waals surface area contributed by atoms with Crippen LogP contribution in [-0.4, -0.2) is 25.8 Å². The highest BCUT2D eigenvalue weighted by Crippen LogP contribution is 2.17. The Bertz CT molecular complexity index is 399. The van der Waals surface area contributed by atoms with Crippen molar-refractivity contribution in [2.24, 2.45) is 0 Å². The molecule has 0 aliphatic rings. The lowest BCUT2D eigenvalue weighted by Gasteiger charge is -2.15. The number of carbonyl (C=O) groups excluding carboxylic acids is 1. The van der Waals surface area contributed by atoms with Crippen molar-refractivity contribution in [3.8, 4) is 0 Å². The predicted molar refractivity (Wildman–Crippen MR) is 80.2 cm³/mol. The van der Waals surface area contributed by atoms with Gasteiger partial charge in [0.15, 0.2) is 0 Å². The molecule has 1 aromatic carbocycles. The van der Waals surface area contributed by atoms with Crippen LogP contribution in [0.25, 0.3) is 0 Å². The Balaban J connectivity index is 2.28. The number of ether oxygens (including phenoxy) is 1. The fourth-order valence-electron chi connectivity index (χ4n) is 1.63. The molecule has 1 rings (SSSR count). The van der Waals surface area contributed by atoms with Gasteiger partial charge in [0, 0.05) is 24.2 Å². The van der Waals surface area contributed by atoms with E-state index in [1.165, 1.54) is 0 Å². The molecular formula is C14H21BrN2O2. The number of hydrogen-bond donors (Lipinski definition) is 2. The zero-order valence-corrected chi connectivity index (χ0v) is 13.0. The number of benzene rings is 1. The summed E-state index contributed by atoms with van der Waals surface area (Å²) in [6.07, 6.45) is 0.826. The quantitative estimate of drug-likeness (QED) is 0.755. The molecule has 19 heavy (non-hydrogen) atoms. The first kappa shape index (κ1) is 16.0. The monoisotopic (exact) mass is 328 g/mol. The van der Waals surface area contributed by atoms with E-state index in [4.69, 9.17) is 4.74 Å². The highest BCUT2D eigenvalue weighted by atomic mass is 79.9. The van der Waals surface area contributed by atoms with E-state index in [1.807, 2.05) is 38.1 Å². The average Bonchev–Trinajstić information content (AvgIpc) is 2.38. The molecule has 0 saturated heterocycles. The average molecular weight is 329 g/mol. The fourth-order valence-corrected chi connectivity index (χ4v) is 2.04. The predicted octanol–water partition coefficient (Wildman–Crippen LogP) is 3.24. The molecule has 0 radical (unpaired) electrons. The number of hydrogen-bond acceptors (Lipinski definition) is 2. The lowest BCUT2D eigenvalue weighted by Crippen LogP contribution is -2.37. The van der Waals surface area contributed by atoms with Gasteiger partial charge in [-0.1, -0.05) is 28.1 Å². The normalized spacial score (nSPS) is 11.9. The van der Waals surface area contributed by atoms with Crippen molar-refractivity contribution in [1.82, 2.24) is 10.6 Å². The fraction of sp³-hybridized carbons (Fsp3) is 0.500. The lowest BCUT2D eigenvalue weighted by atomic mass is 10.1. The second-order valence-electron chi connectivity index (χ2n) is 4.23. The van der Waals surface area contributed by atoms with Gasteiger partial charge in [0.2, 0.25) is 0 Å². The molecule has 0 fully saturated rings. The van der Waals surface area contributed by atoms with Crippen LogP contribution in [0, 0.1) is 0 Å². The summed E-state index contributed by atoms with van der Waals surface area (Å²) in [4.78, 5) is 11.7. The van der Waals surface area contributed by atoms with E-state index in [0.29, 0.717) is 19.8 Å². The number of urea groups is 1. The largest absolute Gasteiger partial charge is 0.382 e. The summed E-state index contributed by atoms with van der Waals surface area (Å²) in [5.74, 6) is 0. The molecule has 106 valence electrons. The summed E-state index contributed by atoms with van der Waals surface area (Å²) in [5.41, 5.74) is 1.07. The summed E-state index contributed by atoms with van der Waals surface area (Å²) < 4.78 is 6.21. The Morgan fingerprint density at radius 2 is 2.26 bits per heavy atom. The molecule has 1 unspecified atom stereocenters. The van der Waals surface area contributed by atoms with Gasteiger partial charge in [-0.05, 0) is 38.0 Å². The maximum atomic E-state index is 11.7. The molecule has 1 aromatic rings. The van der Waals surface area contributed by atoms with Gasteiger partial charge in [-0.2, -0.15) is 0 Å². The Hall–Kier alpha value is -1.07. The number of halogens is 1. The van der Waals surface area contributed by atoms with E-state index in [2.05, 4.69) is 26.6 Å². The van der Waals surface area contributed by atoms with E-state index in [9.17, 15) is 4.79 Å². The Labute approximate surface area is 123 Å². The highest BCUT2D eigenvalue weighted by molar-refractivity contribution is 9.10. The minimum absolute atomic E-state index is 0.0237. The van der Waals surface area contributed by atoms with Crippen LogP contribution in [0.3, 0.4) is 0 Å². The van der Waals surface area contributed by atoms with Crippen LogP contribution < -0.4 is 10.6 Å². The summed E-state index contributed by atoms with van der Waals surface area (Å²) >= 11 is 3.42. The Kier molecular flexibility index (Phi) is 7.52. The molecule has 0 aliphatic carbocycles. The van der Waals surface area contributed by atoms with Crippen LogP contribution in [0.1, 0.15) is 31.9 Å². The minimum atomic E-state index is -0.149. The Morgan fingerprint density at radius 3 is 2.95 bits per heavy atom. The number of nitrogens with one attached hydrogen (secondary N) is 2. The molecule has 0 saturated carbocycles. The van der Waals surface area contributed by atoms with Crippen LogP contribution in [0.15, 0.2) is 28.7 Å². The zero-order valence-electron chi connectivity index (χ0n) is 11.4. The SMILES string of the molecule is CCOCCCNC(=O)NC(C)c1cccc(Br)c1. The van der Waals surface area contributed by atoms with Crippen LogP contribution in [-0.2, 0) is 4.74 Å². The maximum absolute atomic E-state index is 11.7. The minimum Gasteiger partial charge on any atom is -0.382 e. The number of carbonyl (C=O) groups is 1. The van der Waals surface area contributed by atoms with Crippen LogP contribution in [0.4, 0.5) is 4.79 Å². The van der Waals surface area contributed by atoms with Crippen LogP contribution >= 0.6 is 15.9 Å². The van der Waals surface area contributed by atoms with Gasteiger partial charge >= 0.3 is 6.03 Å². The van der Waals surface area contributed by atoms with Crippen molar-refractivity contribution in [1.29, 1.82) is 0 Å². The van der Waals surface area contributed by atoms with Gasteiger partial charge in [0.25, 0.3) is 0 Å². The van der Waals surface area contributed by atoms with Crippen molar-refractivity contribution in [2.45, 2.75) is 26.3 Å². The maximum Gasteiger partial charge on any atom is 0.315 e. The standard InChI is InChI=1S/C14H21BrN2O2/c1-3-19-9-5-8-16-14(18)17-11(2)12-6-4-7-13(15)10-12/h4,6-7,10-11H,3,5,8-9H2,1-2H3,(H2,16,17,18). The van der Waals surface area contributed by atoms with Crippen LogP contribution in [0.5, 0.6) is 0 Å². The van der Waals surface area contributed by atoms with Gasteiger partial charge in [-0.15, -0.1) is 0 Å². The lowest BCUT2D eigenvalue weighted by molar-refractivity contribution is 0.145. The summed E-state index contributed by atoms with van der Waals surface area (Å²) in [5, 5.41) is 5.72. The zero-order chi connectivity index (χ0) is 14.1. The van der Waals surface area contributed by atoms with Crippen LogP contribution in [0.2, 0.25) is 0 Å². The number of amides is 2. The van der Waals surface area contributed by atoms with E-state index < -0.39 is 0 Å². The molecule has 5 heteroatoms. The third-order valence-electron chi connectivity index (χ3n) is 2.65. The van der Waals surface area contributed by atoms with Crippen molar-refractivity contribution in [2.75, 3.05) is 19.8 Å². The van der Waals surface area contributed by atoms with Crippen molar-refractivity contribution < 1.29 is 9.53 Å². The Morgan fingerprint density at radius 1 is 1.47 bits per heavy atom. The highest BCUT2D eigenvalue weighted by Gasteiger charge is 2.08. The summed E-state index contributed by atoms with van der Waals surface area (Å²) in [7, 11) is 0. The van der Waals surface area contributed by atoms with E-state index in [0.717, 1.165) is 16.5 Å². The second-order valence-corrected chi connectivity index (χ2v) is 5.14. The van der Waals surface area contributed by atoms with Crippen molar-refractivity contribution >= 4 is 22.0 Å². The summed E-state index contributed by atoms with van der Waals surface area (Å²) in [6.45, 7) is 5.93. The topological polar surface area (TPSA) is 50.4 Å². The van der Waals surface area contributed by atoms with Gasteiger partial charge in [-0.25, -0.2) is 4.79 Å². The van der Waals surface area contributed by atoms with E-state index in [-0.39, 0.29) is 12.1 Å². The molecular weight excluding hydrogens is 308 g/mol.